The second-order valence-corrected chi connectivity index (χ2v) is 8.71. The standard InChI is InChI=1S/C29H22F3N3O3/c1-18-15-22(12-13-25(18)37-2)28(21-9-5-7-19(16-21)20-8-6-14-33-17-20)24-11-4-3-10-23(24)26(34-28)35-38-27(36)29(30,31)32/h3-17H,1-2H3,(H,34,35). The van der Waals surface area contributed by atoms with Gasteiger partial charge in [-0.05, 0) is 64.6 Å². The van der Waals surface area contributed by atoms with Crippen LogP contribution in [0.25, 0.3) is 11.1 Å². The number of hydrogen-bond acceptors (Lipinski definition) is 6. The Labute approximate surface area is 216 Å². The Hall–Kier alpha value is -4.66. The van der Waals surface area contributed by atoms with E-state index in [0.717, 1.165) is 27.8 Å². The average molecular weight is 518 g/mol. The number of ether oxygens (including phenoxy) is 1. The van der Waals surface area contributed by atoms with Gasteiger partial charge < -0.3 is 9.57 Å². The van der Waals surface area contributed by atoms with Gasteiger partial charge in [-0.1, -0.05) is 54.6 Å². The lowest BCUT2D eigenvalue weighted by atomic mass is 9.76. The van der Waals surface area contributed by atoms with Crippen LogP contribution in [0.4, 0.5) is 13.2 Å². The molecule has 1 atom stereocenters. The Morgan fingerprint density at radius 1 is 0.921 bits per heavy atom. The Morgan fingerprint density at radius 2 is 1.68 bits per heavy atom. The summed E-state index contributed by atoms with van der Waals surface area (Å²) in [5.41, 5.74) is 6.35. The molecule has 192 valence electrons. The highest BCUT2D eigenvalue weighted by molar-refractivity contribution is 6.04. The van der Waals surface area contributed by atoms with Crippen LogP contribution in [0.1, 0.15) is 27.8 Å². The van der Waals surface area contributed by atoms with E-state index in [9.17, 15) is 18.0 Å². The lowest BCUT2D eigenvalue weighted by Gasteiger charge is -2.30. The van der Waals surface area contributed by atoms with Crippen LogP contribution in [0.3, 0.4) is 0 Å². The molecule has 6 nitrogen and oxygen atoms in total. The second kappa shape index (κ2) is 9.66. The summed E-state index contributed by atoms with van der Waals surface area (Å²) in [7, 11) is 1.58. The maximum Gasteiger partial charge on any atom is 0.493 e. The maximum atomic E-state index is 12.9. The molecule has 0 radical (unpaired) electrons. The minimum atomic E-state index is -5.16. The number of alkyl halides is 3. The zero-order valence-corrected chi connectivity index (χ0v) is 20.4. The van der Waals surface area contributed by atoms with Gasteiger partial charge in [0.2, 0.25) is 0 Å². The third kappa shape index (κ3) is 4.36. The van der Waals surface area contributed by atoms with E-state index in [1.165, 1.54) is 0 Å². The summed E-state index contributed by atoms with van der Waals surface area (Å²) in [4.78, 5) is 25.0. The van der Waals surface area contributed by atoms with E-state index < -0.39 is 17.7 Å². The van der Waals surface area contributed by atoms with E-state index in [0.29, 0.717) is 16.9 Å². The fourth-order valence-corrected chi connectivity index (χ4v) is 4.69. The Bertz CT molecular complexity index is 1540. The van der Waals surface area contributed by atoms with Crippen molar-refractivity contribution in [2.75, 3.05) is 7.11 Å². The van der Waals surface area contributed by atoms with E-state index in [1.807, 2.05) is 73.7 Å². The van der Waals surface area contributed by atoms with Crippen molar-refractivity contribution in [3.63, 3.8) is 0 Å². The highest BCUT2D eigenvalue weighted by Crippen LogP contribution is 2.47. The van der Waals surface area contributed by atoms with Crippen LogP contribution in [-0.4, -0.2) is 30.1 Å². The molecule has 1 aromatic heterocycles. The zero-order chi connectivity index (χ0) is 26.9. The number of aromatic nitrogens is 1. The number of hydrogen-bond donors (Lipinski definition) is 1. The first-order valence-electron chi connectivity index (χ1n) is 11.6. The molecule has 0 saturated carbocycles. The summed E-state index contributed by atoms with van der Waals surface area (Å²) in [6, 6.07) is 24.3. The number of fused-ring (bicyclic) bond motifs is 1. The maximum absolute atomic E-state index is 12.9. The molecule has 1 unspecified atom stereocenters. The molecule has 38 heavy (non-hydrogen) atoms. The van der Waals surface area contributed by atoms with Crippen LogP contribution >= 0.6 is 0 Å². The van der Waals surface area contributed by atoms with Gasteiger partial charge in [-0.3, -0.25) is 4.98 Å². The van der Waals surface area contributed by atoms with Crippen LogP contribution in [-0.2, 0) is 15.2 Å². The number of halogens is 3. The van der Waals surface area contributed by atoms with E-state index in [2.05, 4.69) is 15.3 Å². The van der Waals surface area contributed by atoms with Gasteiger partial charge in [0.15, 0.2) is 5.84 Å². The lowest BCUT2D eigenvalue weighted by Crippen LogP contribution is -2.34. The van der Waals surface area contributed by atoms with Gasteiger partial charge in [0.05, 0.1) is 7.11 Å². The topological polar surface area (TPSA) is 72.8 Å². The highest BCUT2D eigenvalue weighted by Gasteiger charge is 2.45. The summed E-state index contributed by atoms with van der Waals surface area (Å²) in [6.07, 6.45) is -1.72. The molecule has 2 heterocycles. The molecule has 0 fully saturated rings. The minimum Gasteiger partial charge on any atom is -0.496 e. The zero-order valence-electron chi connectivity index (χ0n) is 20.4. The number of amidine groups is 1. The molecular weight excluding hydrogens is 495 g/mol. The van der Waals surface area contributed by atoms with Crippen molar-refractivity contribution >= 4 is 11.8 Å². The van der Waals surface area contributed by atoms with Gasteiger partial charge >= 0.3 is 12.1 Å². The number of nitrogens with one attached hydrogen (secondary N) is 1. The van der Waals surface area contributed by atoms with Gasteiger partial charge in [0.1, 0.15) is 11.3 Å². The molecule has 1 aliphatic heterocycles. The van der Waals surface area contributed by atoms with Crippen molar-refractivity contribution < 1.29 is 27.5 Å². The summed E-state index contributed by atoms with van der Waals surface area (Å²) >= 11 is 0. The molecule has 0 aliphatic carbocycles. The molecule has 0 amide bonds. The highest BCUT2D eigenvalue weighted by atomic mass is 19.4. The van der Waals surface area contributed by atoms with Gasteiger partial charge in [0, 0.05) is 18.0 Å². The molecule has 4 aromatic rings. The molecule has 1 aliphatic rings. The number of aliphatic imine (C=N–C) groups is 1. The number of pyridine rings is 1. The molecule has 0 saturated heterocycles. The van der Waals surface area contributed by atoms with Crippen LogP contribution in [0.2, 0.25) is 0 Å². The quantitative estimate of drug-likeness (QED) is 0.350. The third-order valence-electron chi connectivity index (χ3n) is 6.41. The molecule has 5 rings (SSSR count). The Balaban J connectivity index is 1.73. The van der Waals surface area contributed by atoms with Gasteiger partial charge in [-0.2, -0.15) is 18.7 Å². The monoisotopic (exact) mass is 517 g/mol. The molecule has 0 bridgehead atoms. The van der Waals surface area contributed by atoms with Crippen LogP contribution in [0, 0.1) is 6.92 Å². The average Bonchev–Trinajstić information content (AvgIpc) is 3.27. The van der Waals surface area contributed by atoms with Gasteiger partial charge in [-0.15, -0.1) is 0 Å². The third-order valence-corrected chi connectivity index (χ3v) is 6.41. The van der Waals surface area contributed by atoms with E-state index in [1.54, 1.807) is 31.6 Å². The van der Waals surface area contributed by atoms with Crippen molar-refractivity contribution in [2.24, 2.45) is 4.99 Å². The van der Waals surface area contributed by atoms with Gasteiger partial charge in [0.25, 0.3) is 0 Å². The smallest absolute Gasteiger partial charge is 0.493 e. The van der Waals surface area contributed by atoms with E-state index in [-0.39, 0.29) is 5.84 Å². The number of carbonyl (C=O) groups excluding carboxylic acids is 1. The van der Waals surface area contributed by atoms with E-state index >= 15 is 0 Å². The molecule has 0 spiro atoms. The van der Waals surface area contributed by atoms with Crippen molar-refractivity contribution in [3.8, 4) is 16.9 Å². The number of hydroxylamine groups is 1. The van der Waals surface area contributed by atoms with Crippen LogP contribution in [0.5, 0.6) is 5.75 Å². The lowest BCUT2D eigenvalue weighted by molar-refractivity contribution is -0.203. The summed E-state index contributed by atoms with van der Waals surface area (Å²) < 4.78 is 44.0. The van der Waals surface area contributed by atoms with Crippen LogP contribution < -0.4 is 10.2 Å². The SMILES string of the molecule is COc1ccc(C2(c3cccc(-c4cccnc4)c3)N=C(NOC(=O)C(F)(F)F)c3ccccc32)cc1C. The number of aryl methyl sites for hydroxylation is 1. The predicted octanol–water partition coefficient (Wildman–Crippen LogP) is 5.73. The first-order chi connectivity index (χ1) is 18.2. The normalized spacial score (nSPS) is 16.4. The van der Waals surface area contributed by atoms with Crippen LogP contribution in [0.15, 0.2) is 96.2 Å². The van der Waals surface area contributed by atoms with Crippen molar-refractivity contribution in [1.29, 1.82) is 0 Å². The molecular formula is C29H22F3N3O3. The molecule has 3 aromatic carbocycles. The predicted molar refractivity (Wildman–Crippen MR) is 136 cm³/mol. The molecule has 1 N–H and O–H groups in total. The van der Waals surface area contributed by atoms with E-state index in [4.69, 9.17) is 9.73 Å². The van der Waals surface area contributed by atoms with Gasteiger partial charge in [-0.25, -0.2) is 9.79 Å². The van der Waals surface area contributed by atoms with Crippen molar-refractivity contribution in [1.82, 2.24) is 10.5 Å². The molecule has 9 heteroatoms. The summed E-state index contributed by atoms with van der Waals surface area (Å²) in [5.74, 6) is -1.69. The van der Waals surface area contributed by atoms with Crippen molar-refractivity contribution in [2.45, 2.75) is 18.6 Å². The summed E-state index contributed by atoms with van der Waals surface area (Å²) in [6.45, 7) is 1.90. The second-order valence-electron chi connectivity index (χ2n) is 8.71. The number of methoxy groups -OCH3 is 1. The fraction of sp³-hybridized carbons (Fsp3) is 0.138. The first-order valence-corrected chi connectivity index (χ1v) is 11.6. The minimum absolute atomic E-state index is 0.00143. The Morgan fingerprint density at radius 3 is 2.39 bits per heavy atom. The number of carbonyl (C=O) groups is 1. The number of benzene rings is 3. The largest absolute Gasteiger partial charge is 0.496 e. The number of rotatable bonds is 4. The number of nitrogens with zero attached hydrogens (tertiary/aromatic N) is 2. The fourth-order valence-electron chi connectivity index (χ4n) is 4.69. The first kappa shape index (κ1) is 25.0. The Kier molecular flexibility index (Phi) is 6.36. The summed E-state index contributed by atoms with van der Waals surface area (Å²) in [5, 5.41) is 0. The van der Waals surface area contributed by atoms with Crippen molar-refractivity contribution in [3.05, 3.63) is 119 Å².